The monoisotopic (exact) mass is 204 g/mol. The van der Waals surface area contributed by atoms with Crippen LogP contribution in [0.25, 0.3) is 0 Å². The average Bonchev–Trinajstić information content (AvgIpc) is 2.01. The van der Waals surface area contributed by atoms with Crippen molar-refractivity contribution in [2.24, 2.45) is 0 Å². The SMILES string of the molecule is CC1(C)OC(C(=O)O)CC(C(=O)O)O1. The molecule has 0 bridgehead atoms. The first-order chi connectivity index (χ1) is 6.32. The number of aliphatic carboxylic acids is 2. The van der Waals surface area contributed by atoms with E-state index in [0.717, 1.165) is 0 Å². The molecule has 2 atom stereocenters. The number of carboxylic acid groups (broad SMARTS) is 2. The van der Waals surface area contributed by atoms with Crippen LogP contribution in [0, 0.1) is 0 Å². The maximum absolute atomic E-state index is 10.6. The minimum absolute atomic E-state index is 0.173. The van der Waals surface area contributed by atoms with Crippen LogP contribution in [0.4, 0.5) is 0 Å². The Morgan fingerprint density at radius 3 is 1.79 bits per heavy atom. The largest absolute Gasteiger partial charge is 0.479 e. The van der Waals surface area contributed by atoms with Gasteiger partial charge in [0.15, 0.2) is 18.0 Å². The molecule has 0 aromatic rings. The highest BCUT2D eigenvalue weighted by molar-refractivity contribution is 5.76. The Hall–Kier alpha value is -1.14. The van der Waals surface area contributed by atoms with Gasteiger partial charge in [-0.2, -0.15) is 0 Å². The molecule has 0 spiro atoms. The maximum atomic E-state index is 10.6. The number of ether oxygens (including phenoxy) is 2. The molecule has 1 fully saturated rings. The Morgan fingerprint density at radius 2 is 1.50 bits per heavy atom. The Morgan fingerprint density at radius 1 is 1.14 bits per heavy atom. The fraction of sp³-hybridized carbons (Fsp3) is 0.750. The smallest absolute Gasteiger partial charge is 0.333 e. The van der Waals surface area contributed by atoms with Crippen molar-refractivity contribution >= 4 is 11.9 Å². The van der Waals surface area contributed by atoms with Gasteiger partial charge in [0.25, 0.3) is 0 Å². The lowest BCUT2D eigenvalue weighted by Gasteiger charge is -2.37. The molecule has 1 rings (SSSR count). The lowest BCUT2D eigenvalue weighted by Crippen LogP contribution is -2.50. The van der Waals surface area contributed by atoms with Crippen molar-refractivity contribution in [3.63, 3.8) is 0 Å². The van der Waals surface area contributed by atoms with Crippen molar-refractivity contribution in [2.75, 3.05) is 0 Å². The van der Waals surface area contributed by atoms with E-state index in [4.69, 9.17) is 19.7 Å². The molecule has 6 nitrogen and oxygen atoms in total. The highest BCUT2D eigenvalue weighted by atomic mass is 16.7. The molecule has 0 aliphatic carbocycles. The van der Waals surface area contributed by atoms with Gasteiger partial charge in [-0.15, -0.1) is 0 Å². The summed E-state index contributed by atoms with van der Waals surface area (Å²) >= 11 is 0. The van der Waals surface area contributed by atoms with Crippen LogP contribution in [0.5, 0.6) is 0 Å². The van der Waals surface area contributed by atoms with Crippen LogP contribution in [0.1, 0.15) is 20.3 Å². The number of hydrogen-bond donors (Lipinski definition) is 2. The molecule has 1 heterocycles. The van der Waals surface area contributed by atoms with Gasteiger partial charge < -0.3 is 19.7 Å². The first kappa shape index (κ1) is 10.9. The first-order valence-electron chi connectivity index (χ1n) is 4.13. The van der Waals surface area contributed by atoms with Gasteiger partial charge in [0.2, 0.25) is 0 Å². The summed E-state index contributed by atoms with van der Waals surface area (Å²) in [6.45, 7) is 2.97. The van der Waals surface area contributed by atoms with Gasteiger partial charge >= 0.3 is 11.9 Å². The van der Waals surface area contributed by atoms with Crippen molar-refractivity contribution < 1.29 is 29.3 Å². The lowest BCUT2D eigenvalue weighted by atomic mass is 10.1. The fourth-order valence-electron chi connectivity index (χ4n) is 1.31. The number of carboxylic acids is 2. The third-order valence-corrected chi connectivity index (χ3v) is 1.83. The first-order valence-corrected chi connectivity index (χ1v) is 4.13. The number of carbonyl (C=O) groups is 2. The molecule has 0 aromatic carbocycles. The van der Waals surface area contributed by atoms with Gasteiger partial charge in [-0.1, -0.05) is 0 Å². The molecule has 1 saturated heterocycles. The van der Waals surface area contributed by atoms with Crippen molar-refractivity contribution in [2.45, 2.75) is 38.3 Å². The maximum Gasteiger partial charge on any atom is 0.333 e. The molecule has 0 amide bonds. The van der Waals surface area contributed by atoms with E-state index in [1.807, 2.05) is 0 Å². The van der Waals surface area contributed by atoms with E-state index in [1.165, 1.54) is 13.8 Å². The summed E-state index contributed by atoms with van der Waals surface area (Å²) in [5.41, 5.74) is 0. The topological polar surface area (TPSA) is 93.1 Å². The molecule has 0 aromatic heterocycles. The van der Waals surface area contributed by atoms with Crippen LogP contribution >= 0.6 is 0 Å². The summed E-state index contributed by atoms with van der Waals surface area (Å²) in [4.78, 5) is 21.3. The highest BCUT2D eigenvalue weighted by Gasteiger charge is 2.41. The molecule has 2 unspecified atom stereocenters. The molecular weight excluding hydrogens is 192 g/mol. The second kappa shape index (κ2) is 3.55. The molecule has 1 aliphatic rings. The third kappa shape index (κ3) is 2.43. The standard InChI is InChI=1S/C8H12O6/c1-8(2)13-4(6(9)10)3-5(14-8)7(11)12/h4-5H,3H2,1-2H3,(H,9,10)(H,11,12). The van der Waals surface area contributed by atoms with Crippen LogP contribution < -0.4 is 0 Å². The van der Waals surface area contributed by atoms with Gasteiger partial charge in [0.05, 0.1) is 0 Å². The van der Waals surface area contributed by atoms with E-state index in [0.29, 0.717) is 0 Å². The van der Waals surface area contributed by atoms with Crippen LogP contribution in [0.3, 0.4) is 0 Å². The minimum atomic E-state index is -1.18. The summed E-state index contributed by atoms with van der Waals surface area (Å²) in [5.74, 6) is -3.52. The Balaban J connectivity index is 2.77. The Labute approximate surface area is 80.4 Å². The van der Waals surface area contributed by atoms with E-state index < -0.39 is 29.9 Å². The zero-order valence-electron chi connectivity index (χ0n) is 7.89. The second-order valence-corrected chi connectivity index (χ2v) is 3.52. The highest BCUT2D eigenvalue weighted by Crippen LogP contribution is 2.26. The van der Waals surface area contributed by atoms with E-state index in [-0.39, 0.29) is 6.42 Å². The van der Waals surface area contributed by atoms with Crippen molar-refractivity contribution in [3.05, 3.63) is 0 Å². The van der Waals surface area contributed by atoms with E-state index in [2.05, 4.69) is 0 Å². The van der Waals surface area contributed by atoms with Gasteiger partial charge in [0, 0.05) is 6.42 Å². The van der Waals surface area contributed by atoms with Crippen LogP contribution in [0.15, 0.2) is 0 Å². The second-order valence-electron chi connectivity index (χ2n) is 3.52. The molecule has 14 heavy (non-hydrogen) atoms. The third-order valence-electron chi connectivity index (χ3n) is 1.83. The summed E-state index contributed by atoms with van der Waals surface area (Å²) in [7, 11) is 0. The summed E-state index contributed by atoms with van der Waals surface area (Å²) < 4.78 is 10.1. The lowest BCUT2D eigenvalue weighted by molar-refractivity contribution is -0.294. The molecule has 0 radical (unpaired) electrons. The van der Waals surface area contributed by atoms with E-state index >= 15 is 0 Å². The molecule has 80 valence electrons. The quantitative estimate of drug-likeness (QED) is 0.660. The van der Waals surface area contributed by atoms with E-state index in [1.54, 1.807) is 0 Å². The van der Waals surface area contributed by atoms with Crippen molar-refractivity contribution in [1.29, 1.82) is 0 Å². The predicted molar refractivity (Wildman–Crippen MR) is 43.7 cm³/mol. The van der Waals surface area contributed by atoms with E-state index in [9.17, 15) is 9.59 Å². The fourth-order valence-corrected chi connectivity index (χ4v) is 1.31. The molecule has 6 heteroatoms. The molecule has 1 aliphatic heterocycles. The summed E-state index contributed by atoms with van der Waals surface area (Å²) in [6.07, 6.45) is -2.42. The Kier molecular flexibility index (Phi) is 2.77. The van der Waals surface area contributed by atoms with Crippen LogP contribution in [0.2, 0.25) is 0 Å². The van der Waals surface area contributed by atoms with Crippen molar-refractivity contribution in [1.82, 2.24) is 0 Å². The summed E-state index contributed by atoms with van der Waals surface area (Å²) in [5, 5.41) is 17.4. The zero-order chi connectivity index (χ0) is 10.9. The average molecular weight is 204 g/mol. The predicted octanol–water partition coefficient (Wildman–Crippen LogP) is 0.0658. The number of rotatable bonds is 2. The van der Waals surface area contributed by atoms with Crippen LogP contribution in [-0.2, 0) is 19.1 Å². The van der Waals surface area contributed by atoms with Gasteiger partial charge in [-0.3, -0.25) is 0 Å². The minimum Gasteiger partial charge on any atom is -0.479 e. The van der Waals surface area contributed by atoms with Crippen LogP contribution in [-0.4, -0.2) is 40.1 Å². The van der Waals surface area contributed by atoms with Crippen molar-refractivity contribution in [3.8, 4) is 0 Å². The summed E-state index contributed by atoms with van der Waals surface area (Å²) in [6, 6.07) is 0. The Bertz CT molecular complexity index is 235. The molecule has 0 saturated carbocycles. The van der Waals surface area contributed by atoms with Gasteiger partial charge in [-0.25, -0.2) is 9.59 Å². The number of hydrogen-bond acceptors (Lipinski definition) is 4. The normalized spacial score (nSPS) is 31.0. The van der Waals surface area contributed by atoms with Gasteiger partial charge in [-0.05, 0) is 13.8 Å². The molecule has 2 N–H and O–H groups in total. The zero-order valence-corrected chi connectivity index (χ0v) is 7.89. The van der Waals surface area contributed by atoms with Gasteiger partial charge in [0.1, 0.15) is 0 Å². The molecular formula is C8H12O6.